The molecule has 2 fully saturated rings. The van der Waals surface area contributed by atoms with Gasteiger partial charge in [-0.25, -0.2) is 9.97 Å². The maximum atomic E-state index is 11.6. The van der Waals surface area contributed by atoms with Gasteiger partial charge < -0.3 is 9.64 Å². The minimum absolute atomic E-state index is 0.0125. The third-order valence-electron chi connectivity index (χ3n) is 5.98. The van der Waals surface area contributed by atoms with Crippen LogP contribution in [0.25, 0.3) is 0 Å². The van der Waals surface area contributed by atoms with Gasteiger partial charge in [0.2, 0.25) is 5.95 Å². The van der Waals surface area contributed by atoms with Crippen LogP contribution in [0.4, 0.5) is 5.95 Å². The normalized spacial score (nSPS) is 24.9. The van der Waals surface area contributed by atoms with Crippen molar-refractivity contribution in [1.29, 1.82) is 0 Å². The molecule has 0 radical (unpaired) electrons. The van der Waals surface area contributed by atoms with Crippen molar-refractivity contribution in [2.24, 2.45) is 11.8 Å². The molecule has 6 heteroatoms. The Morgan fingerprint density at radius 3 is 2.56 bits per heavy atom. The van der Waals surface area contributed by atoms with Crippen LogP contribution < -0.4 is 9.64 Å². The third-order valence-corrected chi connectivity index (χ3v) is 5.98. The Bertz CT molecular complexity index is 852. The number of ketones is 1. The number of anilines is 1. The predicted molar refractivity (Wildman–Crippen MR) is 104 cm³/mol. The molecule has 0 unspecified atom stereocenters. The van der Waals surface area contributed by atoms with Gasteiger partial charge >= 0.3 is 0 Å². The number of carbonyl (C=O) groups is 1. The molecule has 2 aromatic rings. The van der Waals surface area contributed by atoms with Crippen molar-refractivity contribution < 1.29 is 9.53 Å². The van der Waals surface area contributed by atoms with Gasteiger partial charge in [-0.1, -0.05) is 12.1 Å². The molecule has 2 aliphatic rings. The fourth-order valence-corrected chi connectivity index (χ4v) is 4.68. The zero-order valence-corrected chi connectivity index (χ0v) is 16.3. The fraction of sp³-hybridized carbons (Fsp3) is 0.476. The molecular weight excluding hydrogens is 340 g/mol. The molecule has 27 heavy (non-hydrogen) atoms. The Balaban J connectivity index is 1.55. The molecule has 2 saturated heterocycles. The highest BCUT2D eigenvalue weighted by Gasteiger charge is 2.46. The largest absolute Gasteiger partial charge is 0.497 e. The Labute approximate surface area is 160 Å². The van der Waals surface area contributed by atoms with E-state index in [0.717, 1.165) is 37.0 Å². The minimum atomic E-state index is 0.0125. The Morgan fingerprint density at radius 1 is 1.19 bits per heavy atom. The number of Topliss-reactive ketones (excluding diaryl/α,β-unsaturated/α-hetero) is 1. The Morgan fingerprint density at radius 2 is 1.93 bits per heavy atom. The molecule has 0 aliphatic carbocycles. The van der Waals surface area contributed by atoms with Crippen molar-refractivity contribution in [3.63, 3.8) is 0 Å². The van der Waals surface area contributed by atoms with Crippen LogP contribution in [0.3, 0.4) is 0 Å². The fourth-order valence-electron chi connectivity index (χ4n) is 4.68. The van der Waals surface area contributed by atoms with E-state index in [9.17, 15) is 4.79 Å². The zero-order chi connectivity index (χ0) is 19.1. The highest BCUT2D eigenvalue weighted by atomic mass is 16.5. The Kier molecular flexibility index (Phi) is 4.60. The van der Waals surface area contributed by atoms with Crippen molar-refractivity contribution in [2.75, 3.05) is 38.7 Å². The molecular formula is C21H26N4O2. The van der Waals surface area contributed by atoms with Gasteiger partial charge in [0.1, 0.15) is 5.75 Å². The van der Waals surface area contributed by atoms with Crippen LogP contribution in [-0.2, 0) is 0 Å². The molecule has 1 aromatic carbocycles. The van der Waals surface area contributed by atoms with Crippen LogP contribution in [0.15, 0.2) is 30.5 Å². The highest BCUT2D eigenvalue weighted by molar-refractivity contribution is 5.94. The average Bonchev–Trinajstić information content (AvgIpc) is 3.18. The molecule has 6 nitrogen and oxygen atoms in total. The van der Waals surface area contributed by atoms with Crippen LogP contribution in [0, 0.1) is 18.8 Å². The molecule has 0 amide bonds. The maximum absolute atomic E-state index is 11.6. The van der Waals surface area contributed by atoms with E-state index in [1.807, 2.05) is 19.1 Å². The van der Waals surface area contributed by atoms with Crippen molar-refractivity contribution in [1.82, 2.24) is 14.9 Å². The first-order chi connectivity index (χ1) is 13.0. The SMILES string of the molecule is COc1ccc([C@@H]2[C@@H]3CN(c4ncc(C(C)=O)c(C)n4)C[C@@H]3CN2C)cc1. The van der Waals surface area contributed by atoms with Gasteiger partial charge in [0.05, 0.1) is 18.4 Å². The lowest BCUT2D eigenvalue weighted by Gasteiger charge is -2.27. The van der Waals surface area contributed by atoms with Gasteiger partial charge in [0.25, 0.3) is 0 Å². The van der Waals surface area contributed by atoms with Crippen LogP contribution in [0.2, 0.25) is 0 Å². The van der Waals surface area contributed by atoms with Gasteiger partial charge in [0.15, 0.2) is 5.78 Å². The highest BCUT2D eigenvalue weighted by Crippen LogP contribution is 2.44. The molecule has 4 rings (SSSR count). The van der Waals surface area contributed by atoms with E-state index in [4.69, 9.17) is 4.74 Å². The van der Waals surface area contributed by atoms with Crippen molar-refractivity contribution in [3.05, 3.63) is 47.3 Å². The quantitative estimate of drug-likeness (QED) is 0.776. The second-order valence-electron chi connectivity index (χ2n) is 7.71. The lowest BCUT2D eigenvalue weighted by Crippen LogP contribution is -2.30. The first-order valence-electron chi connectivity index (χ1n) is 9.41. The monoisotopic (exact) mass is 366 g/mol. The summed E-state index contributed by atoms with van der Waals surface area (Å²) in [5.41, 5.74) is 2.69. The van der Waals surface area contributed by atoms with Gasteiger partial charge in [-0.05, 0) is 44.5 Å². The number of ether oxygens (including phenoxy) is 1. The van der Waals surface area contributed by atoms with E-state index in [0.29, 0.717) is 23.4 Å². The smallest absolute Gasteiger partial charge is 0.225 e. The van der Waals surface area contributed by atoms with Crippen molar-refractivity contribution >= 4 is 11.7 Å². The second-order valence-corrected chi connectivity index (χ2v) is 7.71. The number of hydrogen-bond donors (Lipinski definition) is 0. The van der Waals surface area contributed by atoms with Gasteiger partial charge in [-0.3, -0.25) is 9.69 Å². The number of aromatic nitrogens is 2. The number of methoxy groups -OCH3 is 1. The first kappa shape index (κ1) is 17.9. The second kappa shape index (κ2) is 6.93. The van der Waals surface area contributed by atoms with E-state index in [1.165, 1.54) is 5.56 Å². The molecule has 0 bridgehead atoms. The molecule has 3 heterocycles. The van der Waals surface area contributed by atoms with E-state index >= 15 is 0 Å². The topological polar surface area (TPSA) is 58.6 Å². The predicted octanol–water partition coefficient (Wildman–Crippen LogP) is 2.74. The van der Waals surface area contributed by atoms with Crippen LogP contribution in [0.5, 0.6) is 5.75 Å². The summed E-state index contributed by atoms with van der Waals surface area (Å²) < 4.78 is 5.30. The summed E-state index contributed by atoms with van der Waals surface area (Å²) >= 11 is 0. The van der Waals surface area contributed by atoms with E-state index in [1.54, 1.807) is 20.2 Å². The van der Waals surface area contributed by atoms with Crippen LogP contribution >= 0.6 is 0 Å². The number of fused-ring (bicyclic) bond motifs is 1. The molecule has 2 aliphatic heterocycles. The molecule has 0 N–H and O–H groups in total. The summed E-state index contributed by atoms with van der Waals surface area (Å²) in [5.74, 6) is 2.78. The lowest BCUT2D eigenvalue weighted by molar-refractivity contribution is 0.101. The third kappa shape index (κ3) is 3.18. The summed E-state index contributed by atoms with van der Waals surface area (Å²) in [4.78, 5) is 25.4. The summed E-state index contributed by atoms with van der Waals surface area (Å²) in [6.45, 7) is 6.40. The zero-order valence-electron chi connectivity index (χ0n) is 16.3. The standard InChI is InChI=1S/C21H26N4O2/c1-13-18(14(2)26)9-22-21(23-13)25-11-16-10-24(3)20(19(16)12-25)15-5-7-17(27-4)8-6-15/h5-9,16,19-20H,10-12H2,1-4H3/t16-,19+,20+/m0/s1. The maximum Gasteiger partial charge on any atom is 0.225 e. The number of benzene rings is 1. The van der Waals surface area contributed by atoms with Crippen molar-refractivity contribution in [3.8, 4) is 5.75 Å². The summed E-state index contributed by atoms with van der Waals surface area (Å²) in [7, 11) is 3.90. The number of rotatable bonds is 4. The van der Waals surface area contributed by atoms with Crippen LogP contribution in [0.1, 0.15) is 34.6 Å². The molecule has 0 spiro atoms. The molecule has 142 valence electrons. The number of likely N-dealkylation sites (tertiary alicyclic amines) is 1. The number of hydrogen-bond acceptors (Lipinski definition) is 6. The molecule has 3 atom stereocenters. The number of aryl methyl sites for hydroxylation is 1. The Hall–Kier alpha value is -2.47. The van der Waals surface area contributed by atoms with E-state index < -0.39 is 0 Å². The van der Waals surface area contributed by atoms with Gasteiger partial charge in [0, 0.05) is 37.8 Å². The summed E-state index contributed by atoms with van der Waals surface area (Å²) in [6, 6.07) is 8.82. The lowest BCUT2D eigenvalue weighted by atomic mass is 9.89. The van der Waals surface area contributed by atoms with Gasteiger partial charge in [-0.15, -0.1) is 0 Å². The first-order valence-corrected chi connectivity index (χ1v) is 9.41. The number of nitrogens with zero attached hydrogens (tertiary/aromatic N) is 4. The average molecular weight is 366 g/mol. The van der Waals surface area contributed by atoms with Crippen LogP contribution in [-0.4, -0.2) is 54.4 Å². The van der Waals surface area contributed by atoms with E-state index in [2.05, 4.69) is 38.9 Å². The molecule has 1 aromatic heterocycles. The van der Waals surface area contributed by atoms with E-state index in [-0.39, 0.29) is 5.78 Å². The van der Waals surface area contributed by atoms with Gasteiger partial charge in [-0.2, -0.15) is 0 Å². The molecule has 0 saturated carbocycles. The number of carbonyl (C=O) groups excluding carboxylic acids is 1. The summed E-state index contributed by atoms with van der Waals surface area (Å²) in [6.07, 6.45) is 1.67. The minimum Gasteiger partial charge on any atom is -0.497 e. The van der Waals surface area contributed by atoms with Crippen molar-refractivity contribution in [2.45, 2.75) is 19.9 Å². The summed E-state index contributed by atoms with van der Waals surface area (Å²) in [5, 5.41) is 0.